The molecule has 1 aliphatic rings. The number of carbonyl (C=O) groups is 2. The van der Waals surface area contributed by atoms with E-state index in [0.717, 1.165) is 18.4 Å². The molecule has 0 bridgehead atoms. The standard InChI is InChI=1S/C19H20FN3O2/c1-12(13-7-9-15(20)10-8-13)21-19(25)23-17-4-2-3-16(11-17)22-18(24)14-5-6-14/h2-4,7-12,14H,5-6H2,1H3,(H,22,24)(H2,21,23,25)/t12-/m0/s1. The van der Waals surface area contributed by atoms with E-state index in [1.807, 2.05) is 6.92 Å². The fourth-order valence-corrected chi connectivity index (χ4v) is 2.46. The van der Waals surface area contributed by atoms with Crippen molar-refractivity contribution in [2.45, 2.75) is 25.8 Å². The highest BCUT2D eigenvalue weighted by Gasteiger charge is 2.29. The van der Waals surface area contributed by atoms with Gasteiger partial charge in [0.2, 0.25) is 5.91 Å². The van der Waals surface area contributed by atoms with Crippen molar-refractivity contribution in [3.05, 3.63) is 59.9 Å². The molecule has 0 heterocycles. The molecule has 5 nitrogen and oxygen atoms in total. The zero-order valence-corrected chi connectivity index (χ0v) is 13.9. The predicted molar refractivity (Wildman–Crippen MR) is 94.8 cm³/mol. The van der Waals surface area contributed by atoms with Crippen molar-refractivity contribution in [1.29, 1.82) is 0 Å². The summed E-state index contributed by atoms with van der Waals surface area (Å²) in [6.07, 6.45) is 1.88. The number of amides is 3. The van der Waals surface area contributed by atoms with Crippen molar-refractivity contribution in [1.82, 2.24) is 5.32 Å². The minimum absolute atomic E-state index is 0.0199. The molecule has 2 aromatic rings. The lowest BCUT2D eigenvalue weighted by atomic mass is 10.1. The minimum Gasteiger partial charge on any atom is -0.331 e. The lowest BCUT2D eigenvalue weighted by Gasteiger charge is -2.15. The number of benzene rings is 2. The van der Waals surface area contributed by atoms with Crippen molar-refractivity contribution < 1.29 is 14.0 Å². The van der Waals surface area contributed by atoms with Gasteiger partial charge in [0.1, 0.15) is 5.82 Å². The van der Waals surface area contributed by atoms with E-state index >= 15 is 0 Å². The van der Waals surface area contributed by atoms with Crippen LogP contribution in [0.4, 0.5) is 20.6 Å². The average Bonchev–Trinajstić information content (AvgIpc) is 3.40. The van der Waals surface area contributed by atoms with Crippen LogP contribution in [0.3, 0.4) is 0 Å². The fraction of sp³-hybridized carbons (Fsp3) is 0.263. The van der Waals surface area contributed by atoms with Gasteiger partial charge in [-0.05, 0) is 55.7 Å². The Bertz CT molecular complexity index is 772. The van der Waals surface area contributed by atoms with Gasteiger partial charge in [-0.25, -0.2) is 9.18 Å². The molecular weight excluding hydrogens is 321 g/mol. The third-order valence-electron chi connectivity index (χ3n) is 4.05. The van der Waals surface area contributed by atoms with E-state index < -0.39 is 0 Å². The van der Waals surface area contributed by atoms with Crippen LogP contribution in [-0.2, 0) is 4.79 Å². The predicted octanol–water partition coefficient (Wildman–Crippen LogP) is 4.06. The molecule has 1 fully saturated rings. The molecule has 0 aliphatic heterocycles. The van der Waals surface area contributed by atoms with Gasteiger partial charge in [0.25, 0.3) is 0 Å². The number of rotatable bonds is 5. The number of nitrogens with one attached hydrogen (secondary N) is 3. The van der Waals surface area contributed by atoms with Crippen LogP contribution in [0, 0.1) is 11.7 Å². The van der Waals surface area contributed by atoms with Crippen molar-refractivity contribution in [3.8, 4) is 0 Å². The Morgan fingerprint density at radius 1 is 1.04 bits per heavy atom. The van der Waals surface area contributed by atoms with Crippen LogP contribution in [0.5, 0.6) is 0 Å². The zero-order chi connectivity index (χ0) is 17.8. The molecule has 6 heteroatoms. The van der Waals surface area contributed by atoms with Gasteiger partial charge in [0.05, 0.1) is 6.04 Å². The lowest BCUT2D eigenvalue weighted by molar-refractivity contribution is -0.117. The first kappa shape index (κ1) is 17.0. The second kappa shape index (κ2) is 7.34. The molecule has 0 saturated heterocycles. The van der Waals surface area contributed by atoms with Crippen LogP contribution in [0.15, 0.2) is 48.5 Å². The SMILES string of the molecule is C[C@H](NC(=O)Nc1cccc(NC(=O)C2CC2)c1)c1ccc(F)cc1. The second-order valence-corrected chi connectivity index (χ2v) is 6.22. The van der Waals surface area contributed by atoms with E-state index in [4.69, 9.17) is 0 Å². The molecule has 0 radical (unpaired) electrons. The smallest absolute Gasteiger partial charge is 0.319 e. The first-order valence-corrected chi connectivity index (χ1v) is 8.25. The number of carbonyl (C=O) groups excluding carboxylic acids is 2. The van der Waals surface area contributed by atoms with Crippen LogP contribution in [0.2, 0.25) is 0 Å². The van der Waals surface area contributed by atoms with Gasteiger partial charge in [-0.1, -0.05) is 18.2 Å². The molecule has 130 valence electrons. The van der Waals surface area contributed by atoms with Crippen LogP contribution in [-0.4, -0.2) is 11.9 Å². The van der Waals surface area contributed by atoms with E-state index in [9.17, 15) is 14.0 Å². The number of urea groups is 1. The molecule has 1 aliphatic carbocycles. The molecule has 1 saturated carbocycles. The van der Waals surface area contributed by atoms with E-state index in [2.05, 4.69) is 16.0 Å². The Balaban J connectivity index is 1.56. The Morgan fingerprint density at radius 3 is 2.32 bits per heavy atom. The van der Waals surface area contributed by atoms with Gasteiger partial charge < -0.3 is 16.0 Å². The summed E-state index contributed by atoms with van der Waals surface area (Å²) in [6.45, 7) is 1.82. The van der Waals surface area contributed by atoms with E-state index in [1.54, 1.807) is 36.4 Å². The maximum absolute atomic E-state index is 13.0. The fourth-order valence-electron chi connectivity index (χ4n) is 2.46. The summed E-state index contributed by atoms with van der Waals surface area (Å²) in [6, 6.07) is 12.3. The lowest BCUT2D eigenvalue weighted by Crippen LogP contribution is -2.31. The van der Waals surface area contributed by atoms with Crippen LogP contribution in [0.25, 0.3) is 0 Å². The summed E-state index contributed by atoms with van der Waals surface area (Å²) < 4.78 is 13.0. The van der Waals surface area contributed by atoms with Crippen LogP contribution < -0.4 is 16.0 Å². The summed E-state index contributed by atoms with van der Waals surface area (Å²) in [4.78, 5) is 23.9. The molecule has 3 rings (SSSR count). The van der Waals surface area contributed by atoms with E-state index in [1.165, 1.54) is 12.1 Å². The first-order valence-electron chi connectivity index (χ1n) is 8.25. The molecule has 3 amide bonds. The summed E-state index contributed by atoms with van der Waals surface area (Å²) in [7, 11) is 0. The van der Waals surface area contributed by atoms with Gasteiger partial charge in [0.15, 0.2) is 0 Å². The number of halogens is 1. The van der Waals surface area contributed by atoms with Gasteiger partial charge in [-0.3, -0.25) is 4.79 Å². The molecular formula is C19H20FN3O2. The first-order chi connectivity index (χ1) is 12.0. The average molecular weight is 341 g/mol. The number of hydrogen-bond acceptors (Lipinski definition) is 2. The quantitative estimate of drug-likeness (QED) is 0.767. The van der Waals surface area contributed by atoms with Gasteiger partial charge in [0, 0.05) is 17.3 Å². The molecule has 1 atom stereocenters. The van der Waals surface area contributed by atoms with E-state index in [0.29, 0.717) is 11.4 Å². The summed E-state index contributed by atoms with van der Waals surface area (Å²) in [5, 5.41) is 8.37. The highest BCUT2D eigenvalue weighted by Crippen LogP contribution is 2.30. The molecule has 2 aromatic carbocycles. The summed E-state index contributed by atoms with van der Waals surface area (Å²) in [5.41, 5.74) is 2.04. The monoisotopic (exact) mass is 341 g/mol. The maximum Gasteiger partial charge on any atom is 0.319 e. The third-order valence-corrected chi connectivity index (χ3v) is 4.05. The summed E-state index contributed by atoms with van der Waals surface area (Å²) >= 11 is 0. The van der Waals surface area contributed by atoms with Crippen LogP contribution in [0.1, 0.15) is 31.4 Å². The Morgan fingerprint density at radius 2 is 1.68 bits per heavy atom. The highest BCUT2D eigenvalue weighted by atomic mass is 19.1. The van der Waals surface area contributed by atoms with Crippen molar-refractivity contribution >= 4 is 23.3 Å². The van der Waals surface area contributed by atoms with Crippen molar-refractivity contribution in [2.24, 2.45) is 5.92 Å². The van der Waals surface area contributed by atoms with Crippen LogP contribution >= 0.6 is 0 Å². The van der Waals surface area contributed by atoms with Gasteiger partial charge in [-0.2, -0.15) is 0 Å². The molecule has 0 unspecified atom stereocenters. The number of hydrogen-bond donors (Lipinski definition) is 3. The second-order valence-electron chi connectivity index (χ2n) is 6.22. The van der Waals surface area contributed by atoms with Gasteiger partial charge >= 0.3 is 6.03 Å². The molecule has 0 aromatic heterocycles. The maximum atomic E-state index is 13.0. The topological polar surface area (TPSA) is 70.2 Å². The normalized spacial score (nSPS) is 14.5. The van der Waals surface area contributed by atoms with Crippen molar-refractivity contribution in [2.75, 3.05) is 10.6 Å². The van der Waals surface area contributed by atoms with Crippen molar-refractivity contribution in [3.63, 3.8) is 0 Å². The van der Waals surface area contributed by atoms with E-state index in [-0.39, 0.29) is 29.7 Å². The summed E-state index contributed by atoms with van der Waals surface area (Å²) in [5.74, 6) is -0.173. The Hall–Kier alpha value is -2.89. The highest BCUT2D eigenvalue weighted by molar-refractivity contribution is 5.95. The van der Waals surface area contributed by atoms with Gasteiger partial charge in [-0.15, -0.1) is 0 Å². The zero-order valence-electron chi connectivity index (χ0n) is 13.9. The number of anilines is 2. The largest absolute Gasteiger partial charge is 0.331 e. The molecule has 0 spiro atoms. The minimum atomic E-state index is -0.373. The molecule has 25 heavy (non-hydrogen) atoms. The third kappa shape index (κ3) is 4.79. The molecule has 3 N–H and O–H groups in total. The Kier molecular flexibility index (Phi) is 4.97. The Labute approximate surface area is 145 Å².